The molecule has 0 aromatic carbocycles. The van der Waals surface area contributed by atoms with E-state index in [0.29, 0.717) is 25.7 Å². The molecule has 0 saturated heterocycles. The van der Waals surface area contributed by atoms with Gasteiger partial charge in [-0.25, -0.2) is 0 Å². The summed E-state index contributed by atoms with van der Waals surface area (Å²) < 4.78 is 595. The normalized spacial score (nSPS) is 15.8. The Hall–Kier alpha value is -3.00. The number of halogens is 40. The Bertz CT molecular complexity index is 2060. The summed E-state index contributed by atoms with van der Waals surface area (Å²) in [4.78, 5) is 0. The van der Waals surface area contributed by atoms with Crippen molar-refractivity contribution in [1.82, 2.24) is 0 Å². The lowest BCUT2D eigenvalue weighted by Gasteiger charge is -2.45. The lowest BCUT2D eigenvalue weighted by molar-refractivity contribution is -0.470. The van der Waals surface area contributed by atoms with Gasteiger partial charge in [0.25, 0.3) is 0 Å². The molecule has 0 unspecified atom stereocenters. The molecule has 0 saturated carbocycles. The van der Waals surface area contributed by atoms with E-state index in [1.54, 1.807) is 13.8 Å². The summed E-state index contributed by atoms with van der Waals surface area (Å²) in [7, 11) is 0. The van der Waals surface area contributed by atoms with E-state index in [1.165, 1.54) is 0 Å². The highest BCUT2D eigenvalue weighted by Gasteiger charge is 2.99. The second-order valence-electron chi connectivity index (χ2n) is 20.1. The zero-order valence-corrected chi connectivity index (χ0v) is 46.3. The molecule has 0 rings (SSSR count). The van der Waals surface area contributed by atoms with Crippen LogP contribution in [0.25, 0.3) is 0 Å². The van der Waals surface area contributed by atoms with E-state index in [2.05, 4.69) is 18.9 Å². The molecule has 0 spiro atoms. The van der Waals surface area contributed by atoms with Crippen LogP contribution in [-0.2, 0) is 23.7 Å². The van der Waals surface area contributed by atoms with Gasteiger partial charge in [-0.2, -0.15) is 176 Å². The number of hydrogen-bond acceptors (Lipinski definition) is 5. The molecule has 45 heteroatoms. The van der Waals surface area contributed by atoms with Gasteiger partial charge in [0.2, 0.25) is 0 Å². The van der Waals surface area contributed by atoms with E-state index < -0.39 is 197 Å². The summed E-state index contributed by atoms with van der Waals surface area (Å²) in [5.74, 6) is -172. The Kier molecular flexibility index (Phi) is 28.8. The summed E-state index contributed by atoms with van der Waals surface area (Å²) in [5, 5.41) is 0. The first-order chi connectivity index (χ1) is 40.3. The van der Waals surface area contributed by atoms with Gasteiger partial charge in [0.1, 0.15) is 26.4 Å². The van der Waals surface area contributed by atoms with E-state index >= 15 is 0 Å². The van der Waals surface area contributed by atoms with Crippen molar-refractivity contribution < 1.29 is 199 Å². The molecule has 0 fully saturated rings. The summed E-state index contributed by atoms with van der Waals surface area (Å²) >= 11 is 0. The van der Waals surface area contributed by atoms with E-state index in [-0.39, 0.29) is 44.9 Å². The van der Waals surface area contributed by atoms with E-state index in [4.69, 9.17) is 4.74 Å². The second kappa shape index (κ2) is 29.8. The fourth-order valence-electron chi connectivity index (χ4n) is 7.09. The smallest absolute Gasteiger partial charge is 0.378 e. The third kappa shape index (κ3) is 15.9. The van der Waals surface area contributed by atoms with Crippen LogP contribution in [0.5, 0.6) is 0 Å². The molecule has 0 aromatic rings. The highest BCUT2D eigenvalue weighted by molar-refractivity contribution is 5.20. The van der Waals surface area contributed by atoms with Crippen molar-refractivity contribution in [1.29, 1.82) is 0 Å². The molecule has 0 aliphatic rings. The average Bonchev–Trinajstić information content (AvgIpc) is 0.701. The molecule has 0 heterocycles. The molecular weight excluding hydrogens is 1390 g/mol. The molecule has 0 amide bonds. The largest absolute Gasteiger partial charge is 0.385 e. The molecule has 0 bridgehead atoms. The van der Waals surface area contributed by atoms with Crippen molar-refractivity contribution in [3.63, 3.8) is 0 Å². The fourth-order valence-corrected chi connectivity index (χ4v) is 7.09. The third-order valence-electron chi connectivity index (χ3n) is 13.0. The Morgan fingerprint density at radius 3 is 0.560 bits per heavy atom. The average molecular weight is 1450 g/mol. The standard InChI is InChI=1S/C46H54F40O5/c1-4-7-9-11-13-18-87-22-27(47,48)31(55,56)35(63,64)39(71,72)43(79,80)45(83,84)41(75,76)37(67,68)33(59,60)29(51,52)24-89-20-15-26(91-17-6-3)16-21-90-25-30(53,54)34(61,62)38(69,70)42(77,78)46(85,86)44(81,82)40(73,74)36(65,66)32(57,58)28(49,50)23-88-19-14-12-10-8-5-2/h26H,4-25H2,1-3H3. The van der Waals surface area contributed by atoms with Gasteiger partial charge >= 0.3 is 118 Å². The van der Waals surface area contributed by atoms with Gasteiger partial charge in [0.05, 0.1) is 6.10 Å². The van der Waals surface area contributed by atoms with Crippen LogP contribution < -0.4 is 0 Å². The Labute approximate surface area is 487 Å². The van der Waals surface area contributed by atoms with Gasteiger partial charge in [-0.15, -0.1) is 0 Å². The van der Waals surface area contributed by atoms with Gasteiger partial charge in [-0.05, 0) is 32.1 Å². The number of hydrogen-bond donors (Lipinski definition) is 0. The summed E-state index contributed by atoms with van der Waals surface area (Å²) in [6.45, 7) is -16.2. The molecule has 91 heavy (non-hydrogen) atoms. The topological polar surface area (TPSA) is 46.2 Å². The van der Waals surface area contributed by atoms with Crippen LogP contribution in [0.1, 0.15) is 104 Å². The Morgan fingerprint density at radius 1 is 0.198 bits per heavy atom. The lowest BCUT2D eigenvalue weighted by atomic mass is 9.85. The van der Waals surface area contributed by atoms with Crippen LogP contribution in [0.2, 0.25) is 0 Å². The van der Waals surface area contributed by atoms with Gasteiger partial charge in [-0.3, -0.25) is 0 Å². The van der Waals surface area contributed by atoms with Crippen molar-refractivity contribution in [2.45, 2.75) is 229 Å². The first-order valence-corrected chi connectivity index (χ1v) is 25.7. The Morgan fingerprint density at radius 2 is 0.374 bits per heavy atom. The predicted molar refractivity (Wildman–Crippen MR) is 229 cm³/mol. The fraction of sp³-hybridized carbons (Fsp3) is 1.00. The maximum absolute atomic E-state index is 14.5. The van der Waals surface area contributed by atoms with E-state index in [1.807, 2.05) is 0 Å². The van der Waals surface area contributed by atoms with Crippen molar-refractivity contribution in [3.8, 4) is 0 Å². The monoisotopic (exact) mass is 1450 g/mol. The van der Waals surface area contributed by atoms with E-state index in [0.717, 1.165) is 6.92 Å². The van der Waals surface area contributed by atoms with Crippen LogP contribution in [0.4, 0.5) is 176 Å². The highest BCUT2D eigenvalue weighted by Crippen LogP contribution is 2.69. The highest BCUT2D eigenvalue weighted by atomic mass is 19.4. The molecule has 0 atom stereocenters. The quantitative estimate of drug-likeness (QED) is 0.0449. The van der Waals surface area contributed by atoms with Crippen LogP contribution in [-0.4, -0.2) is 184 Å². The van der Waals surface area contributed by atoms with E-state index in [9.17, 15) is 176 Å². The van der Waals surface area contributed by atoms with Gasteiger partial charge < -0.3 is 23.7 Å². The number of alkyl halides is 40. The molecular formula is C46H54F40O5. The third-order valence-corrected chi connectivity index (χ3v) is 13.0. The maximum atomic E-state index is 14.5. The van der Waals surface area contributed by atoms with Gasteiger partial charge in [0, 0.05) is 33.0 Å². The molecule has 0 radical (unpaired) electrons. The first-order valence-electron chi connectivity index (χ1n) is 25.7. The zero-order chi connectivity index (χ0) is 72.7. The maximum Gasteiger partial charge on any atom is 0.385 e. The van der Waals surface area contributed by atoms with Crippen LogP contribution in [0, 0.1) is 0 Å². The summed E-state index contributed by atoms with van der Waals surface area (Å²) in [5.41, 5.74) is 0. The molecule has 0 aliphatic heterocycles. The number of ether oxygens (including phenoxy) is 5. The Balaban J connectivity index is 6.49. The molecule has 5 nitrogen and oxygen atoms in total. The summed E-state index contributed by atoms with van der Waals surface area (Å²) in [6.07, 6.45) is -3.62. The van der Waals surface area contributed by atoms with Gasteiger partial charge in [-0.1, -0.05) is 72.1 Å². The van der Waals surface area contributed by atoms with Crippen molar-refractivity contribution in [2.75, 3.05) is 59.5 Å². The van der Waals surface area contributed by atoms with Crippen LogP contribution in [0.15, 0.2) is 0 Å². The predicted octanol–water partition coefficient (Wildman–Crippen LogP) is 19.3. The molecule has 0 aliphatic carbocycles. The van der Waals surface area contributed by atoms with Crippen molar-refractivity contribution in [3.05, 3.63) is 0 Å². The molecule has 0 N–H and O–H groups in total. The minimum atomic E-state index is -9.43. The minimum Gasteiger partial charge on any atom is -0.378 e. The number of rotatable bonds is 47. The molecule has 548 valence electrons. The molecule has 0 aromatic heterocycles. The first kappa shape index (κ1) is 88.0. The lowest BCUT2D eigenvalue weighted by Crippen LogP contribution is -2.77. The minimum absolute atomic E-state index is 0.0176. The van der Waals surface area contributed by atoms with Crippen LogP contribution in [0.3, 0.4) is 0 Å². The van der Waals surface area contributed by atoms with Gasteiger partial charge in [0.15, 0.2) is 0 Å². The van der Waals surface area contributed by atoms with Crippen molar-refractivity contribution >= 4 is 0 Å². The zero-order valence-electron chi connectivity index (χ0n) is 46.3. The summed E-state index contributed by atoms with van der Waals surface area (Å²) in [6, 6.07) is 0. The SMILES string of the molecule is CCCCCCCOCC(F)(F)C(F)(F)C(F)(F)C(F)(F)C(F)(F)C(F)(F)C(F)(F)C(F)(F)C(F)(F)C(F)(F)COCCC(CCOCC(F)(F)C(F)(F)C(F)(F)C(F)(F)C(F)(F)C(F)(F)C(F)(F)C(F)(F)C(F)(F)C(F)(F)COCCCCCCC)OCCC. The van der Waals surface area contributed by atoms with Crippen molar-refractivity contribution in [2.24, 2.45) is 0 Å². The number of unbranched alkanes of at least 4 members (excludes halogenated alkanes) is 8. The van der Waals surface area contributed by atoms with Crippen LogP contribution >= 0.6 is 0 Å². The second-order valence-corrected chi connectivity index (χ2v) is 20.1.